The molecule has 0 spiro atoms. The zero-order valence-electron chi connectivity index (χ0n) is 19.6. The third-order valence-electron chi connectivity index (χ3n) is 5.79. The fraction of sp³-hybridized carbons (Fsp3) is 0.250. The Hall–Kier alpha value is -3.71. The van der Waals surface area contributed by atoms with Gasteiger partial charge in [0.2, 0.25) is 0 Å². The van der Waals surface area contributed by atoms with Crippen molar-refractivity contribution in [3.05, 3.63) is 94.7 Å². The summed E-state index contributed by atoms with van der Waals surface area (Å²) in [7, 11) is 0. The Morgan fingerprint density at radius 3 is 2.57 bits per heavy atom. The zero-order valence-corrected chi connectivity index (χ0v) is 20.4. The quantitative estimate of drug-likeness (QED) is 0.254. The minimum Gasteiger partial charge on any atom is -0.503 e. The maximum atomic E-state index is 13.2. The lowest BCUT2D eigenvalue weighted by Crippen LogP contribution is -2.30. The van der Waals surface area contributed by atoms with Gasteiger partial charge in [-0.15, -0.1) is 11.3 Å². The first-order chi connectivity index (χ1) is 17.1. The number of aliphatic hydroxyl groups is 1. The number of aliphatic hydroxyl groups excluding tert-OH is 1. The normalized spacial score (nSPS) is 15.9. The third kappa shape index (κ3) is 5.69. The maximum absolute atomic E-state index is 13.2. The van der Waals surface area contributed by atoms with Crippen LogP contribution in [0.1, 0.15) is 49.8 Å². The van der Waals surface area contributed by atoms with Gasteiger partial charge in [0, 0.05) is 11.6 Å². The minimum atomic E-state index is -0.792. The summed E-state index contributed by atoms with van der Waals surface area (Å²) in [6, 6.07) is 15.9. The summed E-state index contributed by atoms with van der Waals surface area (Å²) in [5.74, 6) is -0.901. The summed E-state index contributed by atoms with van der Waals surface area (Å²) >= 11 is 1.27. The highest BCUT2D eigenvalue weighted by Crippen LogP contribution is 2.42. The predicted octanol–water partition coefficient (Wildman–Crippen LogP) is 6.28. The number of carbonyl (C=O) groups is 2. The van der Waals surface area contributed by atoms with Crippen molar-refractivity contribution in [1.82, 2.24) is 4.98 Å². The third-order valence-corrected chi connectivity index (χ3v) is 6.56. The second-order valence-electron chi connectivity index (χ2n) is 8.24. The molecule has 3 aromatic rings. The zero-order chi connectivity index (χ0) is 24.6. The first-order valence-corrected chi connectivity index (χ1v) is 12.6. The highest BCUT2D eigenvalue weighted by molar-refractivity contribution is 7.13. The monoisotopic (exact) mass is 488 g/mol. The highest BCUT2D eigenvalue weighted by Gasteiger charge is 2.44. The van der Waals surface area contributed by atoms with Crippen molar-refractivity contribution in [3.63, 3.8) is 0 Å². The first-order valence-electron chi connectivity index (χ1n) is 11.8. The maximum Gasteiger partial charge on any atom is 0.296 e. The van der Waals surface area contributed by atoms with Crippen molar-refractivity contribution in [2.24, 2.45) is 0 Å². The van der Waals surface area contributed by atoms with Gasteiger partial charge >= 0.3 is 0 Å². The fourth-order valence-electron chi connectivity index (χ4n) is 4.00. The molecule has 0 saturated carbocycles. The number of unbranched alkanes of at least 4 members (excludes halogenated alkanes) is 3. The topological polar surface area (TPSA) is 79.7 Å². The van der Waals surface area contributed by atoms with Crippen molar-refractivity contribution >= 4 is 34.2 Å². The van der Waals surface area contributed by atoms with Gasteiger partial charge in [-0.1, -0.05) is 74.7 Å². The lowest BCUT2D eigenvalue weighted by molar-refractivity contribution is -0.117. The molecule has 1 atom stereocenters. The first kappa shape index (κ1) is 24.4. The van der Waals surface area contributed by atoms with Gasteiger partial charge in [0.25, 0.3) is 5.91 Å². The number of ketones is 1. The van der Waals surface area contributed by atoms with Crippen LogP contribution < -0.4 is 9.64 Å². The molecule has 0 radical (unpaired) electrons. The number of rotatable bonds is 11. The number of aromatic nitrogens is 1. The molecule has 1 unspecified atom stereocenters. The van der Waals surface area contributed by atoms with E-state index in [0.29, 0.717) is 17.3 Å². The van der Waals surface area contributed by atoms with Crippen LogP contribution in [0.15, 0.2) is 83.6 Å². The van der Waals surface area contributed by atoms with Gasteiger partial charge in [0.05, 0.1) is 18.2 Å². The molecule has 1 amide bonds. The van der Waals surface area contributed by atoms with Crippen LogP contribution in [-0.2, 0) is 9.59 Å². The molecule has 1 aliphatic heterocycles. The Morgan fingerprint density at radius 2 is 1.89 bits per heavy atom. The molecule has 0 bridgehead atoms. The van der Waals surface area contributed by atoms with Crippen LogP contribution in [0.4, 0.5) is 5.13 Å². The Balaban J connectivity index is 1.60. The van der Waals surface area contributed by atoms with Gasteiger partial charge in [-0.2, -0.15) is 0 Å². The molecule has 4 rings (SSSR count). The van der Waals surface area contributed by atoms with Gasteiger partial charge in [-0.3, -0.25) is 14.5 Å². The van der Waals surface area contributed by atoms with Gasteiger partial charge in [-0.05, 0) is 35.8 Å². The molecule has 1 aromatic heterocycles. The van der Waals surface area contributed by atoms with Crippen LogP contribution in [0.3, 0.4) is 0 Å². The Labute approximate surface area is 209 Å². The summed E-state index contributed by atoms with van der Waals surface area (Å²) < 4.78 is 5.84. The van der Waals surface area contributed by atoms with E-state index >= 15 is 0 Å². The summed E-state index contributed by atoms with van der Waals surface area (Å²) in [6.07, 6.45) is 9.14. The number of hydrogen-bond acceptors (Lipinski definition) is 6. The Kier molecular flexibility index (Phi) is 8.11. The summed E-state index contributed by atoms with van der Waals surface area (Å²) in [4.78, 5) is 31.9. The van der Waals surface area contributed by atoms with E-state index in [-0.39, 0.29) is 5.57 Å². The standard InChI is InChI=1S/C28H28N2O4S/c1-2-3-4-8-18-34-22-14-12-21(13-15-22)25-24(23(31)16-11-20-9-6-5-7-10-20)26(32)27(33)30(25)28-29-17-19-35-28/h5-7,9-17,19,25,32H,2-4,8,18H2,1H3. The van der Waals surface area contributed by atoms with Crippen molar-refractivity contribution in [2.75, 3.05) is 11.5 Å². The van der Waals surface area contributed by atoms with E-state index in [1.54, 1.807) is 17.7 Å². The number of amides is 1. The van der Waals surface area contributed by atoms with Crippen LogP contribution in [0, 0.1) is 0 Å². The highest BCUT2D eigenvalue weighted by atomic mass is 32.1. The van der Waals surface area contributed by atoms with E-state index in [9.17, 15) is 14.7 Å². The number of allylic oxidation sites excluding steroid dienone is 1. The summed E-state index contributed by atoms with van der Waals surface area (Å²) in [6.45, 7) is 2.81. The van der Waals surface area contributed by atoms with Crippen LogP contribution in [0.2, 0.25) is 0 Å². The summed E-state index contributed by atoms with van der Waals surface area (Å²) in [5.41, 5.74) is 1.57. The number of benzene rings is 2. The lowest BCUT2D eigenvalue weighted by atomic mass is 9.95. The van der Waals surface area contributed by atoms with Gasteiger partial charge in [0.1, 0.15) is 5.75 Å². The molecule has 2 aromatic carbocycles. The number of ether oxygens (including phenoxy) is 1. The number of thiazole rings is 1. The van der Waals surface area contributed by atoms with Crippen molar-refractivity contribution in [1.29, 1.82) is 0 Å². The molecule has 0 aliphatic carbocycles. The fourth-order valence-corrected chi connectivity index (χ4v) is 4.66. The van der Waals surface area contributed by atoms with Crippen LogP contribution in [0.5, 0.6) is 5.75 Å². The van der Waals surface area contributed by atoms with E-state index in [2.05, 4.69) is 11.9 Å². The largest absolute Gasteiger partial charge is 0.503 e. The number of carbonyl (C=O) groups excluding carboxylic acids is 2. The molecule has 180 valence electrons. The number of nitrogens with zero attached hydrogens (tertiary/aromatic N) is 2. The average molecular weight is 489 g/mol. The smallest absolute Gasteiger partial charge is 0.296 e. The molecule has 6 nitrogen and oxygen atoms in total. The van der Waals surface area contributed by atoms with Crippen LogP contribution in [-0.4, -0.2) is 28.4 Å². The Bertz CT molecular complexity index is 1200. The van der Waals surface area contributed by atoms with E-state index in [4.69, 9.17) is 4.74 Å². The molecule has 1 N–H and O–H groups in total. The van der Waals surface area contributed by atoms with Crippen molar-refractivity contribution < 1.29 is 19.4 Å². The van der Waals surface area contributed by atoms with Gasteiger partial charge in [0.15, 0.2) is 16.7 Å². The second kappa shape index (κ2) is 11.6. The molecule has 1 aliphatic rings. The number of hydrogen-bond donors (Lipinski definition) is 1. The lowest BCUT2D eigenvalue weighted by Gasteiger charge is -2.24. The molecule has 2 heterocycles. The van der Waals surface area contributed by atoms with Crippen LogP contribution >= 0.6 is 11.3 Å². The molecule has 0 saturated heterocycles. The molecule has 7 heteroatoms. The molecule has 35 heavy (non-hydrogen) atoms. The van der Waals surface area contributed by atoms with E-state index in [0.717, 1.165) is 24.2 Å². The van der Waals surface area contributed by atoms with E-state index < -0.39 is 23.5 Å². The van der Waals surface area contributed by atoms with Crippen molar-refractivity contribution in [3.8, 4) is 5.75 Å². The van der Waals surface area contributed by atoms with Gasteiger partial charge < -0.3 is 9.84 Å². The molecular weight excluding hydrogens is 460 g/mol. The minimum absolute atomic E-state index is 0.0330. The molecular formula is C28H28N2O4S. The average Bonchev–Trinajstić information content (AvgIpc) is 3.50. The van der Waals surface area contributed by atoms with Crippen LogP contribution in [0.25, 0.3) is 6.08 Å². The van der Waals surface area contributed by atoms with Crippen molar-refractivity contribution in [2.45, 2.75) is 38.6 Å². The van der Waals surface area contributed by atoms with E-state index in [1.807, 2.05) is 54.6 Å². The Morgan fingerprint density at radius 1 is 1.11 bits per heavy atom. The second-order valence-corrected chi connectivity index (χ2v) is 9.11. The van der Waals surface area contributed by atoms with E-state index in [1.165, 1.54) is 35.2 Å². The van der Waals surface area contributed by atoms with Gasteiger partial charge in [-0.25, -0.2) is 4.98 Å². The predicted molar refractivity (Wildman–Crippen MR) is 139 cm³/mol. The number of anilines is 1. The SMILES string of the molecule is CCCCCCOc1ccc(C2C(C(=O)C=Cc3ccccc3)=C(O)C(=O)N2c2nccs2)cc1. The summed E-state index contributed by atoms with van der Waals surface area (Å²) in [5, 5.41) is 12.9. The molecule has 0 fully saturated rings.